The molecule has 0 N–H and O–H groups in total. The summed E-state index contributed by atoms with van der Waals surface area (Å²) in [5.41, 5.74) is 2.34. The summed E-state index contributed by atoms with van der Waals surface area (Å²) in [6.45, 7) is 10.5. The average Bonchev–Trinajstić information content (AvgIpc) is 1.98. The lowest BCUT2D eigenvalue weighted by molar-refractivity contribution is -0.117. The third kappa shape index (κ3) is 2.34. The standard InChI is InChI=1S/C13H20O/c1-9(2)6-11-7-12(14)10(3)8-13(11,4)5/h6,8,11H,7H2,1-5H3/t11-/m0/s1. The molecule has 14 heavy (non-hydrogen) atoms. The molecule has 0 saturated heterocycles. The van der Waals surface area contributed by atoms with Crippen molar-refractivity contribution in [2.24, 2.45) is 11.3 Å². The van der Waals surface area contributed by atoms with Crippen LogP contribution >= 0.6 is 0 Å². The summed E-state index contributed by atoms with van der Waals surface area (Å²) in [7, 11) is 0. The van der Waals surface area contributed by atoms with Crippen LogP contribution in [0.2, 0.25) is 0 Å². The van der Waals surface area contributed by atoms with Crippen molar-refractivity contribution in [3.63, 3.8) is 0 Å². The number of rotatable bonds is 1. The van der Waals surface area contributed by atoms with Crippen molar-refractivity contribution >= 4 is 5.78 Å². The maximum absolute atomic E-state index is 11.6. The Labute approximate surface area is 86.9 Å². The molecule has 0 unspecified atom stereocenters. The van der Waals surface area contributed by atoms with E-state index in [9.17, 15) is 4.79 Å². The number of carbonyl (C=O) groups excluding carboxylic acids is 1. The third-order valence-electron chi connectivity index (χ3n) is 2.92. The molecule has 0 heterocycles. The molecular formula is C13H20O. The van der Waals surface area contributed by atoms with Gasteiger partial charge in [-0.05, 0) is 37.7 Å². The smallest absolute Gasteiger partial charge is 0.158 e. The first kappa shape index (κ1) is 11.2. The minimum atomic E-state index is 0.120. The molecule has 0 saturated carbocycles. The number of hydrogen-bond donors (Lipinski definition) is 0. The van der Waals surface area contributed by atoms with Gasteiger partial charge in [-0.1, -0.05) is 31.6 Å². The maximum Gasteiger partial charge on any atom is 0.158 e. The van der Waals surface area contributed by atoms with Gasteiger partial charge in [0.05, 0.1) is 0 Å². The molecule has 1 aliphatic carbocycles. The molecule has 1 aliphatic rings. The van der Waals surface area contributed by atoms with E-state index in [0.717, 1.165) is 5.57 Å². The van der Waals surface area contributed by atoms with Crippen LogP contribution in [-0.4, -0.2) is 5.78 Å². The zero-order valence-electron chi connectivity index (χ0n) is 9.85. The van der Waals surface area contributed by atoms with Gasteiger partial charge < -0.3 is 0 Å². The molecule has 1 heteroatoms. The van der Waals surface area contributed by atoms with E-state index in [1.807, 2.05) is 6.92 Å². The van der Waals surface area contributed by atoms with Gasteiger partial charge in [0, 0.05) is 6.42 Å². The van der Waals surface area contributed by atoms with Crippen LogP contribution in [0.15, 0.2) is 23.3 Å². The second kappa shape index (κ2) is 3.72. The van der Waals surface area contributed by atoms with E-state index in [0.29, 0.717) is 18.1 Å². The highest BCUT2D eigenvalue weighted by molar-refractivity contribution is 5.96. The van der Waals surface area contributed by atoms with E-state index in [1.165, 1.54) is 5.57 Å². The maximum atomic E-state index is 11.6. The number of hydrogen-bond acceptors (Lipinski definition) is 1. The summed E-state index contributed by atoms with van der Waals surface area (Å²) in [4.78, 5) is 11.6. The molecule has 1 rings (SSSR count). The Morgan fingerprint density at radius 1 is 1.50 bits per heavy atom. The monoisotopic (exact) mass is 192 g/mol. The molecule has 0 spiro atoms. The van der Waals surface area contributed by atoms with Crippen molar-refractivity contribution in [1.82, 2.24) is 0 Å². The summed E-state index contributed by atoms with van der Waals surface area (Å²) in [5, 5.41) is 0. The Morgan fingerprint density at radius 3 is 2.57 bits per heavy atom. The molecular weight excluding hydrogens is 172 g/mol. The summed E-state index contributed by atoms with van der Waals surface area (Å²) in [6, 6.07) is 0. The second-order valence-corrected chi connectivity index (χ2v) is 5.13. The van der Waals surface area contributed by atoms with Crippen molar-refractivity contribution < 1.29 is 4.79 Å². The first-order chi connectivity index (χ1) is 6.33. The molecule has 0 radical (unpaired) electrons. The number of allylic oxidation sites excluding steroid dienone is 4. The molecule has 0 bridgehead atoms. The van der Waals surface area contributed by atoms with E-state index in [-0.39, 0.29) is 5.41 Å². The number of Topliss-reactive ketones (excluding diaryl/α,β-unsaturated/α-hetero) is 1. The minimum Gasteiger partial charge on any atom is -0.295 e. The van der Waals surface area contributed by atoms with E-state index < -0.39 is 0 Å². The van der Waals surface area contributed by atoms with Crippen molar-refractivity contribution in [1.29, 1.82) is 0 Å². The van der Waals surface area contributed by atoms with Gasteiger partial charge in [0.15, 0.2) is 5.78 Å². The van der Waals surface area contributed by atoms with Crippen LogP contribution < -0.4 is 0 Å². The largest absolute Gasteiger partial charge is 0.295 e. The van der Waals surface area contributed by atoms with Crippen molar-refractivity contribution in [2.45, 2.75) is 41.0 Å². The fraction of sp³-hybridized carbons (Fsp3) is 0.615. The van der Waals surface area contributed by atoms with Crippen LogP contribution in [0, 0.1) is 11.3 Å². The molecule has 0 aromatic heterocycles. The van der Waals surface area contributed by atoms with Crippen LogP contribution in [0.4, 0.5) is 0 Å². The lowest BCUT2D eigenvalue weighted by Crippen LogP contribution is -2.28. The summed E-state index contributed by atoms with van der Waals surface area (Å²) < 4.78 is 0. The zero-order chi connectivity index (χ0) is 10.9. The second-order valence-electron chi connectivity index (χ2n) is 5.13. The Bertz CT molecular complexity index is 301. The molecule has 0 amide bonds. The lowest BCUT2D eigenvalue weighted by Gasteiger charge is -2.34. The van der Waals surface area contributed by atoms with Crippen molar-refractivity contribution in [3.8, 4) is 0 Å². The Balaban J connectivity index is 3.01. The highest BCUT2D eigenvalue weighted by atomic mass is 16.1. The van der Waals surface area contributed by atoms with Gasteiger partial charge in [0.1, 0.15) is 0 Å². The van der Waals surface area contributed by atoms with Crippen LogP contribution in [0.3, 0.4) is 0 Å². The van der Waals surface area contributed by atoms with Crippen LogP contribution in [-0.2, 0) is 4.79 Å². The molecule has 0 aromatic rings. The molecule has 0 aliphatic heterocycles. The molecule has 0 fully saturated rings. The summed E-state index contributed by atoms with van der Waals surface area (Å²) in [6.07, 6.45) is 5.00. The van der Waals surface area contributed by atoms with Crippen molar-refractivity contribution in [3.05, 3.63) is 23.3 Å². The molecule has 78 valence electrons. The first-order valence-corrected chi connectivity index (χ1v) is 5.20. The topological polar surface area (TPSA) is 17.1 Å². The Hall–Kier alpha value is -0.850. The van der Waals surface area contributed by atoms with Gasteiger partial charge in [0.2, 0.25) is 0 Å². The van der Waals surface area contributed by atoms with Crippen LogP contribution in [0.25, 0.3) is 0 Å². The van der Waals surface area contributed by atoms with Gasteiger partial charge >= 0.3 is 0 Å². The van der Waals surface area contributed by atoms with Crippen LogP contribution in [0.5, 0.6) is 0 Å². The van der Waals surface area contributed by atoms with Gasteiger partial charge in [-0.25, -0.2) is 0 Å². The molecule has 1 atom stereocenters. The van der Waals surface area contributed by atoms with E-state index in [2.05, 4.69) is 39.8 Å². The van der Waals surface area contributed by atoms with Crippen molar-refractivity contribution in [2.75, 3.05) is 0 Å². The number of ketones is 1. The van der Waals surface area contributed by atoms with Crippen LogP contribution in [0.1, 0.15) is 41.0 Å². The zero-order valence-corrected chi connectivity index (χ0v) is 9.85. The van der Waals surface area contributed by atoms with E-state index >= 15 is 0 Å². The fourth-order valence-corrected chi connectivity index (χ4v) is 2.05. The van der Waals surface area contributed by atoms with E-state index in [1.54, 1.807) is 0 Å². The predicted octanol–water partition coefficient (Wildman–Crippen LogP) is 3.51. The minimum absolute atomic E-state index is 0.120. The summed E-state index contributed by atoms with van der Waals surface area (Å²) in [5.74, 6) is 0.663. The van der Waals surface area contributed by atoms with Gasteiger partial charge in [-0.15, -0.1) is 0 Å². The third-order valence-corrected chi connectivity index (χ3v) is 2.92. The quantitative estimate of drug-likeness (QED) is 0.581. The van der Waals surface area contributed by atoms with Gasteiger partial charge in [-0.2, -0.15) is 0 Å². The highest BCUT2D eigenvalue weighted by Crippen LogP contribution is 2.38. The molecule has 1 nitrogen and oxygen atoms in total. The van der Waals surface area contributed by atoms with Gasteiger partial charge in [0.25, 0.3) is 0 Å². The predicted molar refractivity (Wildman–Crippen MR) is 60.1 cm³/mol. The fourth-order valence-electron chi connectivity index (χ4n) is 2.05. The Kier molecular flexibility index (Phi) is 2.98. The number of carbonyl (C=O) groups is 1. The summed E-state index contributed by atoms with van der Waals surface area (Å²) >= 11 is 0. The first-order valence-electron chi connectivity index (χ1n) is 5.20. The van der Waals surface area contributed by atoms with E-state index in [4.69, 9.17) is 0 Å². The lowest BCUT2D eigenvalue weighted by atomic mass is 9.70. The van der Waals surface area contributed by atoms with Gasteiger partial charge in [-0.3, -0.25) is 4.79 Å². The molecule has 0 aromatic carbocycles. The normalized spacial score (nSPS) is 25.6. The Morgan fingerprint density at radius 2 is 2.07 bits per heavy atom. The average molecular weight is 192 g/mol. The SMILES string of the molecule is CC(C)=C[C@H]1CC(=O)C(C)=CC1(C)C. The highest BCUT2D eigenvalue weighted by Gasteiger charge is 2.32.